The van der Waals surface area contributed by atoms with Gasteiger partial charge in [-0.1, -0.05) is 12.1 Å². The lowest BCUT2D eigenvalue weighted by Crippen LogP contribution is -1.95. The predicted octanol–water partition coefficient (Wildman–Crippen LogP) is 2.81. The lowest BCUT2D eigenvalue weighted by molar-refractivity contribution is 0.103. The molecule has 0 fully saturated rings. The summed E-state index contributed by atoms with van der Waals surface area (Å²) in [7, 11) is 0. The molecule has 0 atom stereocenters. The minimum Gasteiger partial charge on any atom is -0.507 e. The second kappa shape index (κ2) is 3.63. The van der Waals surface area contributed by atoms with Crippen molar-refractivity contribution in [3.63, 3.8) is 0 Å². The summed E-state index contributed by atoms with van der Waals surface area (Å²) in [6, 6.07) is 8.71. The van der Waals surface area contributed by atoms with Crippen LogP contribution < -0.4 is 0 Å². The van der Waals surface area contributed by atoms with Gasteiger partial charge in [-0.25, -0.2) is 0 Å². The van der Waals surface area contributed by atoms with Gasteiger partial charge in [0.15, 0.2) is 5.78 Å². The summed E-state index contributed by atoms with van der Waals surface area (Å²) in [6.07, 6.45) is 3.83. The number of allylic oxidation sites excluding steroid dienone is 1. The van der Waals surface area contributed by atoms with Gasteiger partial charge in [0.25, 0.3) is 0 Å². The van der Waals surface area contributed by atoms with Crippen LogP contribution in [-0.4, -0.2) is 10.9 Å². The zero-order valence-electron chi connectivity index (χ0n) is 9.01. The Balaban J connectivity index is 2.05. The van der Waals surface area contributed by atoms with Crippen molar-refractivity contribution < 1.29 is 14.3 Å². The van der Waals surface area contributed by atoms with Gasteiger partial charge in [0.05, 0.1) is 11.8 Å². The molecule has 0 bridgehead atoms. The summed E-state index contributed by atoms with van der Waals surface area (Å²) in [5, 5.41) is 9.67. The number of fused-ring (bicyclic) bond motifs is 1. The van der Waals surface area contributed by atoms with Crippen molar-refractivity contribution >= 4 is 11.9 Å². The number of rotatable bonds is 1. The molecular formula is C14H10O3. The number of carbonyl (C=O) groups is 1. The Labute approximate surface area is 98.0 Å². The average Bonchev–Trinajstić information content (AvgIpc) is 2.90. The van der Waals surface area contributed by atoms with Gasteiger partial charge in [-0.3, -0.25) is 4.79 Å². The summed E-state index contributed by atoms with van der Waals surface area (Å²) >= 11 is 0. The molecule has 0 unspecified atom stereocenters. The summed E-state index contributed by atoms with van der Waals surface area (Å²) in [6.45, 7) is 0. The van der Waals surface area contributed by atoms with E-state index in [-0.39, 0.29) is 11.5 Å². The third-order valence-electron chi connectivity index (χ3n) is 2.89. The molecule has 3 nitrogen and oxygen atoms in total. The number of aromatic hydroxyl groups is 1. The smallest absolute Gasteiger partial charge is 0.193 e. The van der Waals surface area contributed by atoms with Gasteiger partial charge < -0.3 is 9.52 Å². The maximum Gasteiger partial charge on any atom is 0.193 e. The van der Waals surface area contributed by atoms with Crippen LogP contribution >= 0.6 is 0 Å². The highest BCUT2D eigenvalue weighted by molar-refractivity contribution is 6.16. The fraction of sp³-hybridized carbons (Fsp3) is 0.0714. The van der Waals surface area contributed by atoms with E-state index in [4.69, 9.17) is 4.42 Å². The van der Waals surface area contributed by atoms with E-state index < -0.39 is 0 Å². The Morgan fingerprint density at radius 2 is 2.12 bits per heavy atom. The van der Waals surface area contributed by atoms with Crippen LogP contribution in [0, 0.1) is 0 Å². The lowest BCUT2D eigenvalue weighted by Gasteiger charge is -1.98. The van der Waals surface area contributed by atoms with E-state index in [1.54, 1.807) is 30.5 Å². The van der Waals surface area contributed by atoms with Crippen molar-refractivity contribution in [2.24, 2.45) is 0 Å². The van der Waals surface area contributed by atoms with Crippen molar-refractivity contribution in [2.45, 2.75) is 6.42 Å². The molecule has 1 aliphatic rings. The second-order valence-electron chi connectivity index (χ2n) is 4.00. The molecule has 17 heavy (non-hydrogen) atoms. The normalized spacial score (nSPS) is 16.5. The van der Waals surface area contributed by atoms with E-state index in [9.17, 15) is 9.90 Å². The number of carbonyl (C=O) groups excluding carboxylic acids is 1. The average molecular weight is 226 g/mol. The molecule has 0 radical (unpaired) electrons. The highest BCUT2D eigenvalue weighted by Crippen LogP contribution is 2.33. The van der Waals surface area contributed by atoms with Crippen LogP contribution in [0.25, 0.3) is 6.08 Å². The fourth-order valence-electron chi connectivity index (χ4n) is 2.10. The van der Waals surface area contributed by atoms with Crippen LogP contribution in [0.1, 0.15) is 21.7 Å². The number of Topliss-reactive ketones (excluding diaryl/α,β-unsaturated/α-hetero) is 1. The zero-order chi connectivity index (χ0) is 11.8. The van der Waals surface area contributed by atoms with Crippen molar-refractivity contribution in [3.05, 3.63) is 59.1 Å². The van der Waals surface area contributed by atoms with Crippen molar-refractivity contribution in [2.75, 3.05) is 0 Å². The molecule has 1 aliphatic carbocycles. The van der Waals surface area contributed by atoms with Crippen LogP contribution in [0.5, 0.6) is 5.75 Å². The van der Waals surface area contributed by atoms with E-state index in [2.05, 4.69) is 0 Å². The maximum atomic E-state index is 12.1. The van der Waals surface area contributed by atoms with Crippen LogP contribution in [-0.2, 0) is 6.42 Å². The first-order chi connectivity index (χ1) is 8.25. The maximum absolute atomic E-state index is 12.1. The van der Waals surface area contributed by atoms with Crippen molar-refractivity contribution in [3.8, 4) is 5.75 Å². The number of furan rings is 1. The molecule has 0 amide bonds. The predicted molar refractivity (Wildman–Crippen MR) is 62.8 cm³/mol. The first-order valence-corrected chi connectivity index (χ1v) is 5.35. The molecule has 0 aliphatic heterocycles. The summed E-state index contributed by atoms with van der Waals surface area (Å²) < 4.78 is 5.18. The van der Waals surface area contributed by atoms with E-state index in [0.717, 1.165) is 5.56 Å². The van der Waals surface area contributed by atoms with Gasteiger partial charge >= 0.3 is 0 Å². The van der Waals surface area contributed by atoms with Crippen LogP contribution in [0.15, 0.2) is 46.6 Å². The number of hydrogen-bond donors (Lipinski definition) is 1. The summed E-state index contributed by atoms with van der Waals surface area (Å²) in [5.74, 6) is 0.588. The quantitative estimate of drug-likeness (QED) is 0.760. The molecule has 1 heterocycles. The molecule has 0 saturated heterocycles. The standard InChI is InChI=1S/C14H10O3/c15-12-5-1-3-9-7-10(14(16)13(9)12)8-11-4-2-6-17-11/h1-6,8,15H,7H2/b10-8-. The Morgan fingerprint density at radius 3 is 2.82 bits per heavy atom. The molecule has 84 valence electrons. The van der Waals surface area contributed by atoms with E-state index in [1.807, 2.05) is 6.07 Å². The number of ketones is 1. The van der Waals surface area contributed by atoms with Crippen LogP contribution in [0.3, 0.4) is 0 Å². The van der Waals surface area contributed by atoms with E-state index in [0.29, 0.717) is 23.3 Å². The van der Waals surface area contributed by atoms with Gasteiger partial charge in [0.1, 0.15) is 11.5 Å². The largest absolute Gasteiger partial charge is 0.507 e. The number of phenols is 1. The highest BCUT2D eigenvalue weighted by Gasteiger charge is 2.27. The van der Waals surface area contributed by atoms with Crippen LogP contribution in [0.2, 0.25) is 0 Å². The first kappa shape index (κ1) is 9.90. The monoisotopic (exact) mass is 226 g/mol. The third-order valence-corrected chi connectivity index (χ3v) is 2.89. The van der Waals surface area contributed by atoms with Crippen LogP contribution in [0.4, 0.5) is 0 Å². The molecule has 3 rings (SSSR count). The molecule has 0 saturated carbocycles. The van der Waals surface area contributed by atoms with Gasteiger partial charge in [-0.2, -0.15) is 0 Å². The molecule has 0 spiro atoms. The molecule has 1 aromatic heterocycles. The summed E-state index contributed by atoms with van der Waals surface area (Å²) in [4.78, 5) is 12.1. The van der Waals surface area contributed by atoms with Gasteiger partial charge in [-0.05, 0) is 29.8 Å². The minimum atomic E-state index is -0.116. The zero-order valence-corrected chi connectivity index (χ0v) is 9.01. The Morgan fingerprint density at radius 1 is 1.24 bits per heavy atom. The fourth-order valence-corrected chi connectivity index (χ4v) is 2.10. The van der Waals surface area contributed by atoms with Gasteiger partial charge in [0.2, 0.25) is 0 Å². The Bertz CT molecular complexity index is 606. The second-order valence-corrected chi connectivity index (χ2v) is 4.00. The first-order valence-electron chi connectivity index (χ1n) is 5.35. The number of phenolic OH excluding ortho intramolecular Hbond substituents is 1. The molecular weight excluding hydrogens is 216 g/mol. The SMILES string of the molecule is O=C1/C(=C\c2ccco2)Cc2cccc(O)c21. The number of hydrogen-bond acceptors (Lipinski definition) is 3. The van der Waals surface area contributed by atoms with Gasteiger partial charge in [0, 0.05) is 12.0 Å². The molecule has 1 aromatic carbocycles. The van der Waals surface area contributed by atoms with E-state index >= 15 is 0 Å². The Kier molecular flexibility index (Phi) is 2.11. The van der Waals surface area contributed by atoms with Crippen molar-refractivity contribution in [1.82, 2.24) is 0 Å². The lowest BCUT2D eigenvalue weighted by atomic mass is 10.1. The van der Waals surface area contributed by atoms with E-state index in [1.165, 1.54) is 6.07 Å². The Hall–Kier alpha value is -2.29. The summed E-state index contributed by atoms with van der Waals surface area (Å²) in [5.41, 5.74) is 1.94. The van der Waals surface area contributed by atoms with Gasteiger partial charge in [-0.15, -0.1) is 0 Å². The van der Waals surface area contributed by atoms with Crippen molar-refractivity contribution in [1.29, 1.82) is 0 Å². The topological polar surface area (TPSA) is 50.4 Å². The molecule has 2 aromatic rings. The molecule has 1 N–H and O–H groups in total. The molecule has 3 heteroatoms. The minimum absolute atomic E-state index is 0.0512. The number of benzene rings is 1. The highest BCUT2D eigenvalue weighted by atomic mass is 16.3. The third kappa shape index (κ3) is 1.56.